The number of hydrogen-bond acceptors (Lipinski definition) is 6. The summed E-state index contributed by atoms with van der Waals surface area (Å²) in [5.74, 6) is -0.434. The van der Waals surface area contributed by atoms with Crippen molar-refractivity contribution in [2.75, 3.05) is 26.2 Å². The molecule has 1 saturated heterocycles. The molecule has 0 spiro atoms. The van der Waals surface area contributed by atoms with Crippen molar-refractivity contribution in [3.05, 3.63) is 57.5 Å². The Morgan fingerprint density at radius 3 is 2.69 bits per heavy atom. The fraction of sp³-hybridized carbons (Fsp3) is 0.409. The van der Waals surface area contributed by atoms with E-state index in [1.807, 2.05) is 0 Å². The summed E-state index contributed by atoms with van der Waals surface area (Å²) in [4.78, 5) is 23.6. The van der Waals surface area contributed by atoms with Gasteiger partial charge in [0.2, 0.25) is 0 Å². The predicted molar refractivity (Wildman–Crippen MR) is 117 cm³/mol. The van der Waals surface area contributed by atoms with Crippen molar-refractivity contribution in [3.63, 3.8) is 0 Å². The number of carbonyl (C=O) groups excluding carboxylic acids is 1. The number of halogens is 3. The number of alkyl halides is 1. The zero-order chi connectivity index (χ0) is 23.0. The molecule has 1 fully saturated rings. The van der Waals surface area contributed by atoms with Crippen LogP contribution in [0.2, 0.25) is 5.02 Å². The van der Waals surface area contributed by atoms with E-state index in [1.54, 1.807) is 13.8 Å². The van der Waals surface area contributed by atoms with E-state index in [9.17, 15) is 13.6 Å². The molecule has 3 heterocycles. The van der Waals surface area contributed by atoms with Crippen LogP contribution in [0.1, 0.15) is 34.0 Å². The first-order valence-corrected chi connectivity index (χ1v) is 10.7. The third kappa shape index (κ3) is 4.40. The lowest BCUT2D eigenvalue weighted by atomic mass is 10.1. The van der Waals surface area contributed by atoms with Gasteiger partial charge >= 0.3 is 0 Å². The van der Waals surface area contributed by atoms with E-state index in [4.69, 9.17) is 22.1 Å². The lowest BCUT2D eigenvalue weighted by Gasteiger charge is -2.20. The van der Waals surface area contributed by atoms with Crippen LogP contribution in [0.3, 0.4) is 0 Å². The number of nitrogens with one attached hydrogen (secondary N) is 1. The first-order valence-electron chi connectivity index (χ1n) is 10.3. The number of amides is 1. The number of rotatable bonds is 5. The Kier molecular flexibility index (Phi) is 6.30. The lowest BCUT2D eigenvalue weighted by Crippen LogP contribution is -2.35. The Hall–Kier alpha value is -2.78. The van der Waals surface area contributed by atoms with Gasteiger partial charge in [-0.05, 0) is 38.9 Å². The van der Waals surface area contributed by atoms with E-state index in [2.05, 4.69) is 15.3 Å². The van der Waals surface area contributed by atoms with Crippen molar-refractivity contribution in [2.45, 2.75) is 32.5 Å². The second-order valence-corrected chi connectivity index (χ2v) is 8.39. The molecule has 2 aliphatic rings. The first kappa shape index (κ1) is 22.4. The van der Waals surface area contributed by atoms with Gasteiger partial charge in [0.1, 0.15) is 24.3 Å². The van der Waals surface area contributed by atoms with Gasteiger partial charge in [-0.2, -0.15) is 0 Å². The van der Waals surface area contributed by atoms with Gasteiger partial charge < -0.3 is 20.7 Å². The molecule has 4 rings (SSSR count). The number of nitrogens with two attached hydrogens (primary N) is 1. The van der Waals surface area contributed by atoms with E-state index in [0.29, 0.717) is 46.5 Å². The molecular weight excluding hydrogens is 440 g/mol. The maximum absolute atomic E-state index is 13.9. The van der Waals surface area contributed by atoms with Crippen molar-refractivity contribution >= 4 is 23.1 Å². The van der Waals surface area contributed by atoms with Crippen LogP contribution in [0.4, 0.5) is 8.78 Å². The van der Waals surface area contributed by atoms with Crippen molar-refractivity contribution in [2.24, 2.45) is 5.73 Å². The topological polar surface area (TPSA) is 93.4 Å². The van der Waals surface area contributed by atoms with E-state index in [1.165, 1.54) is 17.0 Å². The minimum Gasteiger partial charge on any atom is -0.491 e. The van der Waals surface area contributed by atoms with Gasteiger partial charge in [-0.15, -0.1) is 0 Å². The fourth-order valence-corrected chi connectivity index (χ4v) is 3.97. The van der Waals surface area contributed by atoms with Crippen molar-refractivity contribution in [3.8, 4) is 5.75 Å². The van der Waals surface area contributed by atoms with Gasteiger partial charge in [0, 0.05) is 17.3 Å². The summed E-state index contributed by atoms with van der Waals surface area (Å²) in [6, 6.07) is 3.20. The minimum absolute atomic E-state index is 0.00624. The Morgan fingerprint density at radius 1 is 1.31 bits per heavy atom. The van der Waals surface area contributed by atoms with Gasteiger partial charge in [-0.25, -0.2) is 18.7 Å². The normalized spacial score (nSPS) is 20.8. The van der Waals surface area contributed by atoms with Gasteiger partial charge in [0.25, 0.3) is 5.91 Å². The molecule has 1 aromatic carbocycles. The molecule has 32 heavy (non-hydrogen) atoms. The number of benzene rings is 1. The monoisotopic (exact) mass is 463 g/mol. The molecule has 2 atom stereocenters. The van der Waals surface area contributed by atoms with Crippen LogP contribution in [0.25, 0.3) is 5.57 Å². The van der Waals surface area contributed by atoms with Crippen LogP contribution in [-0.4, -0.2) is 59.2 Å². The third-order valence-corrected chi connectivity index (χ3v) is 6.24. The number of aromatic nitrogens is 2. The van der Waals surface area contributed by atoms with Gasteiger partial charge in [0.05, 0.1) is 41.1 Å². The predicted octanol–water partition coefficient (Wildman–Crippen LogP) is 2.79. The molecule has 2 aliphatic heterocycles. The highest BCUT2D eigenvalue weighted by atomic mass is 35.5. The summed E-state index contributed by atoms with van der Waals surface area (Å²) in [5, 5.41) is 3.49. The number of aryl methyl sites for hydroxylation is 2. The highest BCUT2D eigenvalue weighted by Gasteiger charge is 2.31. The van der Waals surface area contributed by atoms with Crippen LogP contribution >= 0.6 is 11.6 Å². The summed E-state index contributed by atoms with van der Waals surface area (Å²) in [6.07, 6.45) is -0.643. The van der Waals surface area contributed by atoms with E-state index >= 15 is 0 Å². The smallest absolute Gasteiger partial charge is 0.258 e. The number of hydrogen-bond donors (Lipinski definition) is 2. The summed E-state index contributed by atoms with van der Waals surface area (Å²) >= 11 is 6.16. The first-order chi connectivity index (χ1) is 15.2. The molecule has 0 aliphatic carbocycles. The molecule has 170 valence electrons. The summed E-state index contributed by atoms with van der Waals surface area (Å²) in [6.45, 7) is 4.46. The average Bonchev–Trinajstić information content (AvgIpc) is 3.35. The summed E-state index contributed by atoms with van der Waals surface area (Å²) < 4.78 is 33.4. The molecule has 10 heteroatoms. The van der Waals surface area contributed by atoms with Crippen LogP contribution in [-0.2, 0) is 0 Å². The standard InChI is InChI=1S/C22H24ClF2N5O2/c1-11-20(23)12(2)29-21(28-11)15-8-30(9-17(15)26)22(31)14-4-3-13(24)7-19(14)32-10-18-16(25)5-6-27-18/h3-4,7,16,18,27H,5-6,8-10,26H2,1-2H3. The highest BCUT2D eigenvalue weighted by Crippen LogP contribution is 2.29. The lowest BCUT2D eigenvalue weighted by molar-refractivity contribution is 0.0793. The van der Waals surface area contributed by atoms with Gasteiger partial charge in [-0.1, -0.05) is 11.6 Å². The molecule has 0 radical (unpaired) electrons. The maximum atomic E-state index is 13.9. The number of ether oxygens (including phenoxy) is 1. The van der Waals surface area contributed by atoms with Gasteiger partial charge in [-0.3, -0.25) is 4.79 Å². The Labute approximate surface area is 189 Å². The highest BCUT2D eigenvalue weighted by molar-refractivity contribution is 6.31. The summed E-state index contributed by atoms with van der Waals surface area (Å²) in [7, 11) is 0. The van der Waals surface area contributed by atoms with E-state index in [0.717, 1.165) is 6.07 Å². The average molecular weight is 464 g/mol. The summed E-state index contributed by atoms with van der Waals surface area (Å²) in [5.41, 5.74) is 8.75. The van der Waals surface area contributed by atoms with Crippen LogP contribution in [0.5, 0.6) is 5.75 Å². The Balaban J connectivity index is 1.53. The van der Waals surface area contributed by atoms with Crippen LogP contribution in [0, 0.1) is 19.7 Å². The van der Waals surface area contributed by atoms with Crippen LogP contribution < -0.4 is 15.8 Å². The molecule has 2 aromatic rings. The van der Waals surface area contributed by atoms with Gasteiger partial charge in [0.15, 0.2) is 5.82 Å². The number of nitrogens with zero attached hydrogens (tertiary/aromatic N) is 3. The molecular formula is C22H24ClF2N5O2. The Morgan fingerprint density at radius 2 is 2.03 bits per heavy atom. The zero-order valence-electron chi connectivity index (χ0n) is 17.8. The molecule has 7 nitrogen and oxygen atoms in total. The maximum Gasteiger partial charge on any atom is 0.258 e. The van der Waals surface area contributed by atoms with Crippen molar-refractivity contribution in [1.82, 2.24) is 20.2 Å². The SMILES string of the molecule is Cc1nc(C2=C(N)CN(C(=O)c3ccc(F)cc3OCC3NCCC3F)C2)nc(C)c1Cl. The minimum atomic E-state index is -1.04. The second kappa shape index (κ2) is 8.99. The second-order valence-electron chi connectivity index (χ2n) is 8.01. The molecule has 0 saturated carbocycles. The third-order valence-electron chi connectivity index (χ3n) is 5.69. The molecule has 1 amide bonds. The largest absolute Gasteiger partial charge is 0.491 e. The molecule has 3 N–H and O–H groups in total. The Bertz CT molecular complexity index is 1070. The zero-order valence-corrected chi connectivity index (χ0v) is 18.5. The molecule has 2 unspecified atom stereocenters. The van der Waals surface area contributed by atoms with E-state index in [-0.39, 0.29) is 36.9 Å². The fourth-order valence-electron chi connectivity index (χ4n) is 3.89. The van der Waals surface area contributed by atoms with Crippen LogP contribution in [0.15, 0.2) is 23.9 Å². The number of carbonyl (C=O) groups is 1. The molecule has 1 aromatic heterocycles. The van der Waals surface area contributed by atoms with Crippen molar-refractivity contribution < 1.29 is 18.3 Å². The molecule has 0 bridgehead atoms. The van der Waals surface area contributed by atoms with Crippen molar-refractivity contribution in [1.29, 1.82) is 0 Å². The quantitative estimate of drug-likeness (QED) is 0.708. The van der Waals surface area contributed by atoms with E-state index < -0.39 is 18.0 Å².